The molecule has 0 radical (unpaired) electrons. The van der Waals surface area contributed by atoms with Gasteiger partial charge in [0, 0.05) is 10.9 Å². The lowest BCUT2D eigenvalue weighted by Gasteiger charge is -2.07. The number of furan rings is 1. The molecule has 3 rings (SSSR count). The minimum absolute atomic E-state index is 0.0253. The summed E-state index contributed by atoms with van der Waals surface area (Å²) in [6, 6.07) is 8.41. The number of aryl methyl sites for hydroxylation is 2. The third-order valence-electron chi connectivity index (χ3n) is 3.92. The first kappa shape index (κ1) is 15.6. The Hall–Kier alpha value is -2.33. The highest BCUT2D eigenvalue weighted by molar-refractivity contribution is 6.31. The largest absolute Gasteiger partial charge is 0.464 e. The van der Waals surface area contributed by atoms with Gasteiger partial charge in [-0.15, -0.1) is 0 Å². The molecule has 2 aromatic carbocycles. The average molecular weight is 332 g/mol. The average Bonchev–Trinajstić information content (AvgIpc) is 2.91. The second-order valence-corrected chi connectivity index (χ2v) is 5.88. The molecule has 0 aliphatic carbocycles. The van der Waals surface area contributed by atoms with Crippen molar-refractivity contribution in [3.05, 3.63) is 64.1 Å². The van der Waals surface area contributed by atoms with Crippen LogP contribution in [-0.2, 0) is 11.2 Å². The van der Waals surface area contributed by atoms with E-state index in [-0.39, 0.29) is 23.0 Å². The summed E-state index contributed by atoms with van der Waals surface area (Å²) >= 11 is 5.71. The zero-order valence-corrected chi connectivity index (χ0v) is 13.5. The fourth-order valence-electron chi connectivity index (χ4n) is 2.49. The van der Waals surface area contributed by atoms with Crippen molar-refractivity contribution in [1.29, 1.82) is 0 Å². The third kappa shape index (κ3) is 2.94. The molecule has 0 aliphatic heterocycles. The molecule has 23 heavy (non-hydrogen) atoms. The Morgan fingerprint density at radius 2 is 2.04 bits per heavy atom. The summed E-state index contributed by atoms with van der Waals surface area (Å²) in [5.74, 6) is -0.960. The minimum Gasteiger partial charge on any atom is -0.464 e. The van der Waals surface area contributed by atoms with Crippen LogP contribution in [0.25, 0.3) is 11.0 Å². The van der Waals surface area contributed by atoms with Crippen molar-refractivity contribution < 1.29 is 13.6 Å². The quantitative estimate of drug-likeness (QED) is 0.732. The van der Waals surface area contributed by atoms with Crippen LogP contribution < -0.4 is 5.32 Å². The van der Waals surface area contributed by atoms with Crippen LogP contribution in [0.5, 0.6) is 0 Å². The van der Waals surface area contributed by atoms with Crippen molar-refractivity contribution in [2.24, 2.45) is 0 Å². The van der Waals surface area contributed by atoms with Gasteiger partial charge in [-0.25, -0.2) is 4.39 Å². The Labute approximate surface area is 138 Å². The smallest absolute Gasteiger partial charge is 0.229 e. The number of anilines is 1. The summed E-state index contributed by atoms with van der Waals surface area (Å²) in [5, 5.41) is 3.41. The fourth-order valence-corrected chi connectivity index (χ4v) is 2.67. The van der Waals surface area contributed by atoms with Crippen molar-refractivity contribution in [3.63, 3.8) is 0 Å². The molecule has 118 valence electrons. The number of fused-ring (bicyclic) bond motifs is 1. The maximum atomic E-state index is 13.8. The molecule has 0 aliphatic rings. The summed E-state index contributed by atoms with van der Waals surface area (Å²) in [5.41, 5.74) is 3.80. The zero-order chi connectivity index (χ0) is 16.6. The first-order chi connectivity index (χ1) is 11.0. The van der Waals surface area contributed by atoms with Crippen LogP contribution in [0.4, 0.5) is 10.1 Å². The maximum Gasteiger partial charge on any atom is 0.229 e. The number of nitrogens with one attached hydrogen (secondary N) is 1. The molecule has 0 bridgehead atoms. The topological polar surface area (TPSA) is 42.2 Å². The second kappa shape index (κ2) is 6.05. The van der Waals surface area contributed by atoms with Gasteiger partial charge >= 0.3 is 0 Å². The summed E-state index contributed by atoms with van der Waals surface area (Å²) in [6.07, 6.45) is 1.67. The van der Waals surface area contributed by atoms with Gasteiger partial charge in [0.25, 0.3) is 0 Å². The summed E-state index contributed by atoms with van der Waals surface area (Å²) < 4.78 is 19.4. The van der Waals surface area contributed by atoms with Crippen LogP contribution in [0.1, 0.15) is 16.7 Å². The predicted molar refractivity (Wildman–Crippen MR) is 89.4 cm³/mol. The summed E-state index contributed by atoms with van der Waals surface area (Å²) in [4.78, 5) is 12.2. The van der Waals surface area contributed by atoms with E-state index >= 15 is 0 Å². The predicted octanol–water partition coefficient (Wildman–Crippen LogP) is 5.02. The summed E-state index contributed by atoms with van der Waals surface area (Å²) in [7, 11) is 0. The third-order valence-corrected chi connectivity index (χ3v) is 4.21. The van der Waals surface area contributed by atoms with Gasteiger partial charge < -0.3 is 9.73 Å². The molecule has 0 saturated carbocycles. The Morgan fingerprint density at radius 1 is 1.26 bits per heavy atom. The lowest BCUT2D eigenvalue weighted by molar-refractivity contribution is -0.115. The molecule has 3 aromatic rings. The van der Waals surface area contributed by atoms with Gasteiger partial charge in [0.05, 0.1) is 23.4 Å². The number of carbonyl (C=O) groups excluding carboxylic acids is 1. The van der Waals surface area contributed by atoms with E-state index in [4.69, 9.17) is 16.0 Å². The monoisotopic (exact) mass is 331 g/mol. The van der Waals surface area contributed by atoms with Gasteiger partial charge in [-0.2, -0.15) is 0 Å². The molecule has 3 nitrogen and oxygen atoms in total. The van der Waals surface area contributed by atoms with Crippen molar-refractivity contribution >= 4 is 34.2 Å². The Balaban J connectivity index is 1.83. The fraction of sp³-hybridized carbons (Fsp3) is 0.167. The Bertz CT molecular complexity index is 901. The van der Waals surface area contributed by atoms with E-state index in [1.807, 2.05) is 26.0 Å². The number of amides is 1. The molecule has 0 atom stereocenters. The standard InChI is InChI=1S/C18H15ClFNO2/c1-10-6-7-13-12(9-23-18(13)11(10)2)8-16(22)21-15-5-3-4-14(19)17(15)20/h3-7,9H,8H2,1-2H3,(H,21,22). The minimum atomic E-state index is -0.633. The van der Waals surface area contributed by atoms with E-state index in [2.05, 4.69) is 5.32 Å². The molecule has 0 spiro atoms. The number of hydrogen-bond donors (Lipinski definition) is 1. The first-order valence-corrected chi connectivity index (χ1v) is 7.55. The highest BCUT2D eigenvalue weighted by Gasteiger charge is 2.14. The van der Waals surface area contributed by atoms with E-state index in [0.29, 0.717) is 0 Å². The van der Waals surface area contributed by atoms with Gasteiger partial charge in [0.2, 0.25) is 5.91 Å². The molecule has 0 unspecified atom stereocenters. The van der Waals surface area contributed by atoms with E-state index in [0.717, 1.165) is 27.7 Å². The van der Waals surface area contributed by atoms with Crippen LogP contribution in [0.2, 0.25) is 5.02 Å². The van der Waals surface area contributed by atoms with Crippen molar-refractivity contribution in [2.45, 2.75) is 20.3 Å². The number of benzene rings is 2. The molecule has 1 N–H and O–H groups in total. The van der Waals surface area contributed by atoms with Crippen molar-refractivity contribution in [1.82, 2.24) is 0 Å². The number of carbonyl (C=O) groups is 1. The molecule has 1 amide bonds. The van der Waals surface area contributed by atoms with Gasteiger partial charge in [0.1, 0.15) is 5.58 Å². The van der Waals surface area contributed by atoms with Crippen LogP contribution in [0.15, 0.2) is 41.0 Å². The van der Waals surface area contributed by atoms with E-state index in [1.54, 1.807) is 12.3 Å². The van der Waals surface area contributed by atoms with Crippen LogP contribution in [0, 0.1) is 19.7 Å². The number of rotatable bonds is 3. The lowest BCUT2D eigenvalue weighted by atomic mass is 10.0. The number of halogens is 2. The van der Waals surface area contributed by atoms with Crippen LogP contribution in [-0.4, -0.2) is 5.91 Å². The molecular formula is C18H15ClFNO2. The van der Waals surface area contributed by atoms with E-state index in [9.17, 15) is 9.18 Å². The van der Waals surface area contributed by atoms with Gasteiger partial charge in [0.15, 0.2) is 5.82 Å². The second-order valence-electron chi connectivity index (χ2n) is 5.47. The first-order valence-electron chi connectivity index (χ1n) is 7.17. The highest BCUT2D eigenvalue weighted by Crippen LogP contribution is 2.27. The van der Waals surface area contributed by atoms with E-state index in [1.165, 1.54) is 12.1 Å². The maximum absolute atomic E-state index is 13.8. The normalized spacial score (nSPS) is 11.0. The lowest BCUT2D eigenvalue weighted by Crippen LogP contribution is -2.15. The van der Waals surface area contributed by atoms with Crippen molar-refractivity contribution in [2.75, 3.05) is 5.32 Å². The van der Waals surface area contributed by atoms with E-state index < -0.39 is 5.82 Å². The van der Waals surface area contributed by atoms with Gasteiger partial charge in [-0.05, 0) is 37.1 Å². The Kier molecular flexibility index (Phi) is 4.09. The molecule has 0 saturated heterocycles. The van der Waals surface area contributed by atoms with Gasteiger partial charge in [-0.1, -0.05) is 29.8 Å². The van der Waals surface area contributed by atoms with Crippen molar-refractivity contribution in [3.8, 4) is 0 Å². The van der Waals surface area contributed by atoms with Crippen LogP contribution in [0.3, 0.4) is 0 Å². The Morgan fingerprint density at radius 3 is 2.83 bits per heavy atom. The van der Waals surface area contributed by atoms with Gasteiger partial charge in [-0.3, -0.25) is 4.79 Å². The molecule has 1 heterocycles. The molecule has 1 aromatic heterocycles. The number of hydrogen-bond acceptors (Lipinski definition) is 2. The SMILES string of the molecule is Cc1ccc2c(CC(=O)Nc3cccc(Cl)c3F)coc2c1C. The summed E-state index contributed by atoms with van der Waals surface area (Å²) in [6.45, 7) is 3.98. The zero-order valence-electron chi connectivity index (χ0n) is 12.7. The highest BCUT2D eigenvalue weighted by atomic mass is 35.5. The molecular weight excluding hydrogens is 317 g/mol. The molecule has 0 fully saturated rings. The van der Waals surface area contributed by atoms with Crippen LogP contribution >= 0.6 is 11.6 Å². The molecule has 5 heteroatoms.